The van der Waals surface area contributed by atoms with Crippen molar-refractivity contribution >= 4 is 16.8 Å². The van der Waals surface area contributed by atoms with Crippen molar-refractivity contribution in [1.82, 2.24) is 4.98 Å². The number of para-hydroxylation sites is 1. The minimum Gasteiger partial charge on any atom is -0.440 e. The van der Waals surface area contributed by atoms with Crippen LogP contribution in [0.1, 0.15) is 17.0 Å². The Labute approximate surface area is 118 Å². The molecule has 0 saturated heterocycles. The molecular formula is C15H11F3N2O. The van der Waals surface area contributed by atoms with Crippen molar-refractivity contribution in [2.24, 2.45) is 0 Å². The zero-order valence-corrected chi connectivity index (χ0v) is 10.8. The predicted molar refractivity (Wildman–Crippen MR) is 72.7 cm³/mol. The average molecular weight is 292 g/mol. The van der Waals surface area contributed by atoms with Gasteiger partial charge >= 0.3 is 6.18 Å². The molecule has 1 aromatic heterocycles. The smallest absolute Gasteiger partial charge is 0.416 e. The van der Waals surface area contributed by atoms with E-state index in [-0.39, 0.29) is 0 Å². The van der Waals surface area contributed by atoms with Gasteiger partial charge in [0.1, 0.15) is 5.52 Å². The largest absolute Gasteiger partial charge is 0.440 e. The Morgan fingerprint density at radius 3 is 2.38 bits per heavy atom. The minimum atomic E-state index is -4.33. The van der Waals surface area contributed by atoms with E-state index in [9.17, 15) is 13.2 Å². The third-order valence-corrected chi connectivity index (χ3v) is 3.13. The lowest BCUT2D eigenvalue weighted by atomic mass is 10.1. The van der Waals surface area contributed by atoms with Crippen LogP contribution in [0.3, 0.4) is 0 Å². The number of nitrogens with zero attached hydrogens (tertiary/aromatic N) is 1. The second-order valence-electron chi connectivity index (χ2n) is 4.67. The summed E-state index contributed by atoms with van der Waals surface area (Å²) >= 11 is 0. The number of hydrogen-bond acceptors (Lipinski definition) is 3. The molecule has 0 atom stereocenters. The average Bonchev–Trinajstić information content (AvgIpc) is 2.82. The number of aromatic nitrogens is 1. The molecule has 3 aromatic rings. The molecule has 3 nitrogen and oxygen atoms in total. The van der Waals surface area contributed by atoms with Gasteiger partial charge in [-0.1, -0.05) is 18.2 Å². The Bertz CT molecular complexity index is 776. The number of nitrogens with two attached hydrogens (primary N) is 1. The number of hydrogen-bond donors (Lipinski definition) is 1. The second kappa shape index (κ2) is 4.80. The summed E-state index contributed by atoms with van der Waals surface area (Å²) in [5, 5.41) is 0. The summed E-state index contributed by atoms with van der Waals surface area (Å²) in [5.41, 5.74) is 7.44. The van der Waals surface area contributed by atoms with Crippen molar-refractivity contribution in [1.29, 1.82) is 0 Å². The summed E-state index contributed by atoms with van der Waals surface area (Å²) in [4.78, 5) is 4.26. The SMILES string of the molecule is Nc1cccc2oc(Cc3ccc(C(F)(F)F)cc3)nc12. The summed E-state index contributed by atoms with van der Waals surface area (Å²) in [7, 11) is 0. The fourth-order valence-corrected chi connectivity index (χ4v) is 2.08. The van der Waals surface area contributed by atoms with Crippen LogP contribution in [-0.2, 0) is 12.6 Å². The summed E-state index contributed by atoms with van der Waals surface area (Å²) in [6.45, 7) is 0. The van der Waals surface area contributed by atoms with Crippen molar-refractivity contribution in [3.63, 3.8) is 0 Å². The molecule has 0 aliphatic heterocycles. The lowest BCUT2D eigenvalue weighted by Crippen LogP contribution is -2.04. The number of fused-ring (bicyclic) bond motifs is 1. The standard InChI is InChI=1S/C15H11F3N2O/c16-15(17,18)10-6-4-9(5-7-10)8-13-20-14-11(19)2-1-3-12(14)21-13/h1-7H,8,19H2. The summed E-state index contributed by atoms with van der Waals surface area (Å²) < 4.78 is 43.0. The number of halogens is 3. The van der Waals surface area contributed by atoms with Crippen LogP contribution in [0.25, 0.3) is 11.1 Å². The van der Waals surface area contributed by atoms with Gasteiger partial charge in [-0.15, -0.1) is 0 Å². The first-order valence-electron chi connectivity index (χ1n) is 6.23. The van der Waals surface area contributed by atoms with Crippen molar-refractivity contribution in [2.45, 2.75) is 12.6 Å². The van der Waals surface area contributed by atoms with Gasteiger partial charge < -0.3 is 10.2 Å². The molecule has 0 spiro atoms. The molecule has 21 heavy (non-hydrogen) atoms. The zero-order chi connectivity index (χ0) is 15.0. The van der Waals surface area contributed by atoms with Crippen LogP contribution in [0.4, 0.5) is 18.9 Å². The maximum Gasteiger partial charge on any atom is 0.416 e. The number of anilines is 1. The van der Waals surface area contributed by atoms with E-state index in [0.29, 0.717) is 34.7 Å². The summed E-state index contributed by atoms with van der Waals surface area (Å²) in [5.74, 6) is 0.419. The van der Waals surface area contributed by atoms with E-state index in [2.05, 4.69) is 4.98 Å². The van der Waals surface area contributed by atoms with Gasteiger partial charge in [0.25, 0.3) is 0 Å². The van der Waals surface area contributed by atoms with Crippen molar-refractivity contribution < 1.29 is 17.6 Å². The van der Waals surface area contributed by atoms with Crippen molar-refractivity contribution in [3.05, 3.63) is 59.5 Å². The maximum absolute atomic E-state index is 12.5. The van der Waals surface area contributed by atoms with Crippen molar-refractivity contribution in [2.75, 3.05) is 5.73 Å². The first-order chi connectivity index (χ1) is 9.93. The third-order valence-electron chi connectivity index (χ3n) is 3.13. The van der Waals surface area contributed by atoms with Crippen LogP contribution in [-0.4, -0.2) is 4.98 Å². The van der Waals surface area contributed by atoms with Gasteiger partial charge in [-0.05, 0) is 29.8 Å². The Morgan fingerprint density at radius 2 is 1.76 bits per heavy atom. The van der Waals surface area contributed by atoms with Crippen LogP contribution < -0.4 is 5.73 Å². The molecule has 3 rings (SSSR count). The highest BCUT2D eigenvalue weighted by molar-refractivity contribution is 5.85. The molecule has 108 valence electrons. The van der Waals surface area contributed by atoms with Crippen LogP contribution >= 0.6 is 0 Å². The minimum absolute atomic E-state index is 0.312. The van der Waals surface area contributed by atoms with Crippen LogP contribution in [0.15, 0.2) is 46.9 Å². The Morgan fingerprint density at radius 1 is 1.05 bits per heavy atom. The Kier molecular flexibility index (Phi) is 3.08. The molecular weight excluding hydrogens is 281 g/mol. The lowest BCUT2D eigenvalue weighted by Gasteiger charge is -2.06. The molecule has 2 aromatic carbocycles. The molecule has 2 N–H and O–H groups in total. The van der Waals surface area contributed by atoms with Crippen LogP contribution in [0.5, 0.6) is 0 Å². The molecule has 0 radical (unpaired) electrons. The van der Waals surface area contributed by atoms with E-state index in [1.807, 2.05) is 0 Å². The number of benzene rings is 2. The predicted octanol–water partition coefficient (Wildman–Crippen LogP) is 4.02. The quantitative estimate of drug-likeness (QED) is 0.726. The number of oxazole rings is 1. The molecule has 0 aliphatic carbocycles. The number of nitrogen functional groups attached to an aromatic ring is 1. The van der Waals surface area contributed by atoms with Gasteiger partial charge in [-0.2, -0.15) is 13.2 Å². The van der Waals surface area contributed by atoms with Gasteiger partial charge in [0.05, 0.1) is 11.3 Å². The van der Waals surface area contributed by atoms with Gasteiger partial charge in [-0.25, -0.2) is 4.98 Å². The zero-order valence-electron chi connectivity index (χ0n) is 10.8. The fourth-order valence-electron chi connectivity index (χ4n) is 2.08. The number of rotatable bonds is 2. The first-order valence-corrected chi connectivity index (χ1v) is 6.23. The Balaban J connectivity index is 1.87. The summed E-state index contributed by atoms with van der Waals surface area (Å²) in [6, 6.07) is 10.1. The maximum atomic E-state index is 12.5. The highest BCUT2D eigenvalue weighted by atomic mass is 19.4. The second-order valence-corrected chi connectivity index (χ2v) is 4.67. The van der Waals surface area contributed by atoms with Crippen LogP contribution in [0, 0.1) is 0 Å². The lowest BCUT2D eigenvalue weighted by molar-refractivity contribution is -0.137. The van der Waals surface area contributed by atoms with E-state index in [4.69, 9.17) is 10.2 Å². The molecule has 1 heterocycles. The molecule has 0 bridgehead atoms. The van der Waals surface area contributed by atoms with Crippen LogP contribution in [0.2, 0.25) is 0 Å². The van der Waals surface area contributed by atoms with E-state index < -0.39 is 11.7 Å². The topological polar surface area (TPSA) is 52.0 Å². The van der Waals surface area contributed by atoms with E-state index in [1.54, 1.807) is 18.2 Å². The molecule has 0 aliphatic rings. The fraction of sp³-hybridized carbons (Fsp3) is 0.133. The van der Waals surface area contributed by atoms with E-state index >= 15 is 0 Å². The van der Waals surface area contributed by atoms with Gasteiger partial charge in [0, 0.05) is 6.42 Å². The highest BCUT2D eigenvalue weighted by Crippen LogP contribution is 2.29. The van der Waals surface area contributed by atoms with E-state index in [1.165, 1.54) is 12.1 Å². The van der Waals surface area contributed by atoms with Gasteiger partial charge in [0.2, 0.25) is 0 Å². The molecule has 0 amide bonds. The van der Waals surface area contributed by atoms with Gasteiger partial charge in [0.15, 0.2) is 11.5 Å². The third kappa shape index (κ3) is 2.69. The Hall–Kier alpha value is -2.50. The number of alkyl halides is 3. The molecule has 0 saturated carbocycles. The van der Waals surface area contributed by atoms with Crippen molar-refractivity contribution in [3.8, 4) is 0 Å². The first kappa shape index (κ1) is 13.5. The summed E-state index contributed by atoms with van der Waals surface area (Å²) in [6.07, 6.45) is -4.02. The highest BCUT2D eigenvalue weighted by Gasteiger charge is 2.29. The monoisotopic (exact) mass is 292 g/mol. The normalized spacial score (nSPS) is 12.0. The molecule has 0 unspecified atom stereocenters. The van der Waals surface area contributed by atoms with Gasteiger partial charge in [-0.3, -0.25) is 0 Å². The van der Waals surface area contributed by atoms with E-state index in [0.717, 1.165) is 12.1 Å². The molecule has 6 heteroatoms. The molecule has 0 fully saturated rings.